The zero-order valence-corrected chi connectivity index (χ0v) is 11.4. The van der Waals surface area contributed by atoms with E-state index in [2.05, 4.69) is 10.2 Å². The average molecular weight is 250 g/mol. The van der Waals surface area contributed by atoms with Crippen molar-refractivity contribution in [3.8, 4) is 0 Å². The van der Waals surface area contributed by atoms with Crippen LogP contribution in [0.2, 0.25) is 0 Å². The second-order valence-corrected chi connectivity index (χ2v) is 6.42. The molecule has 2 heterocycles. The molecule has 18 heavy (non-hydrogen) atoms. The second kappa shape index (κ2) is 5.60. The molecule has 1 saturated carbocycles. The molecule has 3 heteroatoms. The monoisotopic (exact) mass is 250 g/mol. The Balaban J connectivity index is 1.57. The first-order valence-corrected chi connectivity index (χ1v) is 7.85. The van der Waals surface area contributed by atoms with Crippen LogP contribution in [-0.4, -0.2) is 36.5 Å². The number of carbonyl (C=O) groups excluding carboxylic acids is 1. The van der Waals surface area contributed by atoms with Gasteiger partial charge in [0, 0.05) is 19.0 Å². The van der Waals surface area contributed by atoms with E-state index < -0.39 is 0 Å². The summed E-state index contributed by atoms with van der Waals surface area (Å²) in [7, 11) is 0. The maximum absolute atomic E-state index is 12.4. The maximum Gasteiger partial charge on any atom is 0.223 e. The van der Waals surface area contributed by atoms with Crippen molar-refractivity contribution in [2.75, 3.05) is 19.6 Å². The number of nitrogens with one attached hydrogen (secondary N) is 1. The first kappa shape index (κ1) is 12.5. The summed E-state index contributed by atoms with van der Waals surface area (Å²) in [6, 6.07) is 0.589. The van der Waals surface area contributed by atoms with Crippen molar-refractivity contribution in [2.24, 2.45) is 11.8 Å². The van der Waals surface area contributed by atoms with Gasteiger partial charge >= 0.3 is 0 Å². The lowest BCUT2D eigenvalue weighted by molar-refractivity contribution is -0.134. The van der Waals surface area contributed by atoms with E-state index in [1.54, 1.807) is 0 Å². The standard InChI is InChI=1S/C15H26N2O/c18-15(9-12-10-16-11-12)17-8-4-7-14(17)13-5-2-1-3-6-13/h12-14,16H,1-11H2. The van der Waals surface area contributed by atoms with Gasteiger partial charge in [-0.3, -0.25) is 4.79 Å². The first-order valence-electron chi connectivity index (χ1n) is 7.85. The van der Waals surface area contributed by atoms with Crippen molar-refractivity contribution in [1.82, 2.24) is 10.2 Å². The van der Waals surface area contributed by atoms with Gasteiger partial charge in [-0.25, -0.2) is 0 Å². The summed E-state index contributed by atoms with van der Waals surface area (Å²) in [4.78, 5) is 14.6. The topological polar surface area (TPSA) is 32.3 Å². The predicted octanol–water partition coefficient (Wildman–Crippen LogP) is 2.17. The average Bonchev–Trinajstić information content (AvgIpc) is 2.84. The van der Waals surface area contributed by atoms with Gasteiger partial charge < -0.3 is 10.2 Å². The van der Waals surface area contributed by atoms with E-state index in [-0.39, 0.29) is 0 Å². The van der Waals surface area contributed by atoms with Gasteiger partial charge in [0.2, 0.25) is 5.91 Å². The minimum absolute atomic E-state index is 0.439. The van der Waals surface area contributed by atoms with E-state index in [0.29, 0.717) is 17.9 Å². The normalized spacial score (nSPS) is 30.4. The fourth-order valence-corrected chi connectivity index (χ4v) is 3.97. The Labute approximate surface area is 110 Å². The summed E-state index contributed by atoms with van der Waals surface area (Å²) in [5.74, 6) is 1.87. The van der Waals surface area contributed by atoms with E-state index in [1.807, 2.05) is 0 Å². The molecular formula is C15H26N2O. The van der Waals surface area contributed by atoms with Gasteiger partial charge in [0.25, 0.3) is 0 Å². The molecule has 3 fully saturated rings. The molecule has 102 valence electrons. The van der Waals surface area contributed by atoms with Crippen molar-refractivity contribution in [1.29, 1.82) is 0 Å². The van der Waals surface area contributed by atoms with Gasteiger partial charge in [-0.2, -0.15) is 0 Å². The molecule has 0 aromatic heterocycles. The van der Waals surface area contributed by atoms with Crippen LogP contribution in [0, 0.1) is 11.8 Å². The molecule has 3 aliphatic rings. The van der Waals surface area contributed by atoms with Crippen LogP contribution < -0.4 is 5.32 Å². The van der Waals surface area contributed by atoms with Crippen LogP contribution >= 0.6 is 0 Å². The molecule has 0 aromatic carbocycles. The lowest BCUT2D eigenvalue weighted by Crippen LogP contribution is -2.47. The van der Waals surface area contributed by atoms with Crippen molar-refractivity contribution < 1.29 is 4.79 Å². The molecule has 1 N–H and O–H groups in total. The Morgan fingerprint density at radius 1 is 1.06 bits per heavy atom. The lowest BCUT2D eigenvalue weighted by atomic mass is 9.82. The van der Waals surface area contributed by atoms with Crippen LogP contribution in [0.4, 0.5) is 0 Å². The first-order chi connectivity index (χ1) is 8.84. The minimum Gasteiger partial charge on any atom is -0.339 e. The Kier molecular flexibility index (Phi) is 3.88. The van der Waals surface area contributed by atoms with Crippen LogP contribution in [0.15, 0.2) is 0 Å². The van der Waals surface area contributed by atoms with Crippen LogP contribution in [0.25, 0.3) is 0 Å². The Hall–Kier alpha value is -0.570. The molecule has 2 saturated heterocycles. The van der Waals surface area contributed by atoms with Gasteiger partial charge in [0.05, 0.1) is 0 Å². The number of nitrogens with zero attached hydrogens (tertiary/aromatic N) is 1. The quantitative estimate of drug-likeness (QED) is 0.832. The molecule has 3 rings (SSSR count). The minimum atomic E-state index is 0.439. The number of amides is 1. The van der Waals surface area contributed by atoms with E-state index in [9.17, 15) is 4.79 Å². The zero-order chi connectivity index (χ0) is 12.4. The Morgan fingerprint density at radius 3 is 2.50 bits per heavy atom. The zero-order valence-electron chi connectivity index (χ0n) is 11.4. The summed E-state index contributed by atoms with van der Waals surface area (Å²) in [6.45, 7) is 3.13. The van der Waals surface area contributed by atoms with Gasteiger partial charge in [0.1, 0.15) is 0 Å². The summed E-state index contributed by atoms with van der Waals surface area (Å²) >= 11 is 0. The highest BCUT2D eigenvalue weighted by atomic mass is 16.2. The number of carbonyl (C=O) groups is 1. The van der Waals surface area contributed by atoms with Crippen molar-refractivity contribution >= 4 is 5.91 Å². The van der Waals surface area contributed by atoms with Gasteiger partial charge in [-0.05, 0) is 50.6 Å². The summed E-state index contributed by atoms with van der Waals surface area (Å²) in [5, 5.41) is 3.26. The summed E-state index contributed by atoms with van der Waals surface area (Å²) in [5.41, 5.74) is 0. The number of hydrogen-bond donors (Lipinski definition) is 1. The highest BCUT2D eigenvalue weighted by Crippen LogP contribution is 2.34. The third kappa shape index (κ3) is 2.56. The fraction of sp³-hybridized carbons (Fsp3) is 0.933. The van der Waals surface area contributed by atoms with Crippen LogP contribution in [0.1, 0.15) is 51.4 Å². The highest BCUT2D eigenvalue weighted by Gasteiger charge is 2.36. The molecule has 0 spiro atoms. The largest absolute Gasteiger partial charge is 0.339 e. The third-order valence-electron chi connectivity index (χ3n) is 5.14. The molecule has 1 unspecified atom stereocenters. The van der Waals surface area contributed by atoms with Crippen molar-refractivity contribution in [2.45, 2.75) is 57.4 Å². The summed E-state index contributed by atoms with van der Waals surface area (Å²) in [6.07, 6.45) is 10.2. The molecule has 0 bridgehead atoms. The molecule has 0 radical (unpaired) electrons. The van der Waals surface area contributed by atoms with E-state index in [0.717, 1.165) is 32.0 Å². The van der Waals surface area contributed by atoms with E-state index in [1.165, 1.54) is 44.9 Å². The maximum atomic E-state index is 12.4. The third-order valence-corrected chi connectivity index (χ3v) is 5.14. The highest BCUT2D eigenvalue weighted by molar-refractivity contribution is 5.77. The molecule has 1 amide bonds. The molecule has 0 aromatic rings. The number of hydrogen-bond acceptors (Lipinski definition) is 2. The molecule has 2 aliphatic heterocycles. The van der Waals surface area contributed by atoms with Crippen LogP contribution in [-0.2, 0) is 4.79 Å². The Morgan fingerprint density at radius 2 is 1.83 bits per heavy atom. The number of rotatable bonds is 3. The molecule has 1 aliphatic carbocycles. The van der Waals surface area contributed by atoms with Crippen molar-refractivity contribution in [3.05, 3.63) is 0 Å². The van der Waals surface area contributed by atoms with Gasteiger partial charge in [0.15, 0.2) is 0 Å². The van der Waals surface area contributed by atoms with Crippen LogP contribution in [0.5, 0.6) is 0 Å². The second-order valence-electron chi connectivity index (χ2n) is 6.42. The molecular weight excluding hydrogens is 224 g/mol. The molecule has 1 atom stereocenters. The van der Waals surface area contributed by atoms with Crippen molar-refractivity contribution in [3.63, 3.8) is 0 Å². The fourth-order valence-electron chi connectivity index (χ4n) is 3.97. The van der Waals surface area contributed by atoms with E-state index >= 15 is 0 Å². The summed E-state index contributed by atoms with van der Waals surface area (Å²) < 4.78 is 0. The Bertz CT molecular complexity index is 295. The van der Waals surface area contributed by atoms with Gasteiger partial charge in [-0.1, -0.05) is 19.3 Å². The molecule has 3 nitrogen and oxygen atoms in total. The lowest BCUT2D eigenvalue weighted by Gasteiger charge is -2.36. The number of likely N-dealkylation sites (tertiary alicyclic amines) is 1. The predicted molar refractivity (Wildman–Crippen MR) is 72.3 cm³/mol. The van der Waals surface area contributed by atoms with E-state index in [4.69, 9.17) is 0 Å². The smallest absolute Gasteiger partial charge is 0.223 e. The van der Waals surface area contributed by atoms with Crippen LogP contribution in [0.3, 0.4) is 0 Å². The SMILES string of the molecule is O=C(CC1CNC1)N1CCCC1C1CCCCC1. The van der Waals surface area contributed by atoms with Gasteiger partial charge in [-0.15, -0.1) is 0 Å².